The van der Waals surface area contributed by atoms with Crippen molar-refractivity contribution in [1.29, 1.82) is 0 Å². The second kappa shape index (κ2) is 7.14. The fourth-order valence-electron chi connectivity index (χ4n) is 2.25. The van der Waals surface area contributed by atoms with Crippen LogP contribution >= 0.6 is 11.6 Å². The molecule has 1 amide bonds. The number of aromatic amines is 1. The van der Waals surface area contributed by atoms with Gasteiger partial charge in [0.1, 0.15) is 0 Å². The van der Waals surface area contributed by atoms with Crippen LogP contribution in [0.5, 0.6) is 0 Å². The zero-order chi connectivity index (χ0) is 17.8. The molecule has 8 heteroatoms. The predicted molar refractivity (Wildman–Crippen MR) is 92.7 cm³/mol. The summed E-state index contributed by atoms with van der Waals surface area (Å²) in [7, 11) is 0. The van der Waals surface area contributed by atoms with E-state index in [-0.39, 0.29) is 10.7 Å². The normalized spacial score (nSPS) is 10.4. The van der Waals surface area contributed by atoms with Crippen molar-refractivity contribution in [3.63, 3.8) is 0 Å². The summed E-state index contributed by atoms with van der Waals surface area (Å²) in [5.41, 5.74) is 0.476. The number of fused-ring (bicyclic) bond motifs is 1. The molecule has 0 aliphatic heterocycles. The van der Waals surface area contributed by atoms with Crippen molar-refractivity contribution >= 4 is 40.1 Å². The van der Waals surface area contributed by atoms with Crippen molar-refractivity contribution in [3.05, 3.63) is 69.7 Å². The van der Waals surface area contributed by atoms with Crippen LogP contribution in [0.1, 0.15) is 10.4 Å². The lowest BCUT2D eigenvalue weighted by Crippen LogP contribution is -2.22. The number of nitrogens with one attached hydrogen (secondary N) is 2. The van der Waals surface area contributed by atoms with Gasteiger partial charge in [-0.1, -0.05) is 29.8 Å². The van der Waals surface area contributed by atoms with Crippen molar-refractivity contribution < 1.29 is 14.3 Å². The number of benzene rings is 1. The highest BCUT2D eigenvalue weighted by Crippen LogP contribution is 2.18. The topological polar surface area (TPSA) is 101 Å². The smallest absolute Gasteiger partial charge is 0.339 e. The van der Waals surface area contributed by atoms with Crippen molar-refractivity contribution in [2.45, 2.75) is 0 Å². The van der Waals surface area contributed by atoms with E-state index in [1.54, 1.807) is 36.4 Å². The summed E-state index contributed by atoms with van der Waals surface area (Å²) in [5, 5.41) is 3.15. The molecule has 1 aromatic carbocycles. The molecule has 0 saturated heterocycles. The number of ether oxygens (including phenoxy) is 1. The van der Waals surface area contributed by atoms with E-state index in [4.69, 9.17) is 16.3 Å². The zero-order valence-corrected chi connectivity index (χ0v) is 13.5. The number of carbonyl (C=O) groups excluding carboxylic acids is 2. The second-order valence-corrected chi connectivity index (χ2v) is 5.42. The maximum atomic E-state index is 12.2. The van der Waals surface area contributed by atoms with Gasteiger partial charge in [0.15, 0.2) is 11.8 Å². The Bertz CT molecular complexity index is 1020. The maximum Gasteiger partial charge on any atom is 0.339 e. The fraction of sp³-hybridized carbons (Fsp3) is 0.0588. The fourth-order valence-corrected chi connectivity index (χ4v) is 2.41. The van der Waals surface area contributed by atoms with Crippen LogP contribution in [0.15, 0.2) is 53.5 Å². The number of hydrogen-bond acceptors (Lipinski definition) is 5. The number of amides is 1. The van der Waals surface area contributed by atoms with Crippen molar-refractivity contribution in [1.82, 2.24) is 9.97 Å². The molecule has 126 valence electrons. The number of para-hydroxylation sites is 1. The molecule has 3 rings (SSSR count). The molecule has 0 fully saturated rings. The molecule has 0 spiro atoms. The van der Waals surface area contributed by atoms with Crippen LogP contribution in [0.25, 0.3) is 10.9 Å². The molecule has 2 aromatic heterocycles. The molecular weight excluding hydrogens is 346 g/mol. The van der Waals surface area contributed by atoms with Gasteiger partial charge in [0, 0.05) is 23.2 Å². The number of carbonyl (C=O) groups is 2. The number of nitrogens with zero attached hydrogens (tertiary/aromatic N) is 1. The van der Waals surface area contributed by atoms with Gasteiger partial charge in [-0.15, -0.1) is 0 Å². The van der Waals surface area contributed by atoms with Gasteiger partial charge in [-0.3, -0.25) is 9.59 Å². The molecule has 0 saturated carbocycles. The summed E-state index contributed by atoms with van der Waals surface area (Å²) < 4.78 is 5.00. The summed E-state index contributed by atoms with van der Waals surface area (Å²) in [5.74, 6) is -1.34. The van der Waals surface area contributed by atoms with Gasteiger partial charge >= 0.3 is 5.97 Å². The minimum atomic E-state index is -0.769. The number of aromatic nitrogens is 2. The quantitative estimate of drug-likeness (QED) is 0.551. The SMILES string of the molecule is O=C(COC(=O)c1cc(=O)[nH]c2ccccc12)Nc1cccnc1Cl. The van der Waals surface area contributed by atoms with Crippen LogP contribution in [0.3, 0.4) is 0 Å². The molecule has 2 heterocycles. The Morgan fingerprint density at radius 2 is 2.00 bits per heavy atom. The second-order valence-electron chi connectivity index (χ2n) is 5.06. The third-order valence-electron chi connectivity index (χ3n) is 3.34. The number of anilines is 1. The third-order valence-corrected chi connectivity index (χ3v) is 3.64. The maximum absolute atomic E-state index is 12.2. The Kier molecular flexibility index (Phi) is 4.76. The Morgan fingerprint density at radius 3 is 2.80 bits per heavy atom. The van der Waals surface area contributed by atoms with Crippen LogP contribution in [0.4, 0.5) is 5.69 Å². The summed E-state index contributed by atoms with van der Waals surface area (Å²) >= 11 is 5.84. The first-order valence-electron chi connectivity index (χ1n) is 7.24. The lowest BCUT2D eigenvalue weighted by Gasteiger charge is -2.08. The average molecular weight is 358 g/mol. The predicted octanol–water partition coefficient (Wildman–Crippen LogP) is 2.37. The van der Waals surface area contributed by atoms with Gasteiger partial charge < -0.3 is 15.0 Å². The van der Waals surface area contributed by atoms with Crippen molar-refractivity contribution in [2.24, 2.45) is 0 Å². The molecular formula is C17H12ClN3O4. The van der Waals surface area contributed by atoms with Gasteiger partial charge in [0.05, 0.1) is 11.3 Å². The van der Waals surface area contributed by atoms with E-state index in [0.29, 0.717) is 16.6 Å². The van der Waals surface area contributed by atoms with Gasteiger partial charge in [-0.25, -0.2) is 9.78 Å². The van der Waals surface area contributed by atoms with Crippen LogP contribution in [-0.2, 0) is 9.53 Å². The van der Waals surface area contributed by atoms with Crippen LogP contribution in [0.2, 0.25) is 5.15 Å². The summed E-state index contributed by atoms with van der Waals surface area (Å²) in [6.45, 7) is -0.523. The van der Waals surface area contributed by atoms with Gasteiger partial charge in [0.2, 0.25) is 5.56 Å². The highest BCUT2D eigenvalue weighted by Gasteiger charge is 2.15. The van der Waals surface area contributed by atoms with Gasteiger partial charge in [-0.2, -0.15) is 0 Å². The average Bonchev–Trinajstić information content (AvgIpc) is 2.61. The molecule has 0 bridgehead atoms. The van der Waals surface area contributed by atoms with E-state index in [1.807, 2.05) is 0 Å². The third kappa shape index (κ3) is 3.84. The Hall–Kier alpha value is -3.19. The first-order chi connectivity index (χ1) is 12.0. The Morgan fingerprint density at radius 1 is 1.20 bits per heavy atom. The van der Waals surface area contributed by atoms with Crippen LogP contribution < -0.4 is 10.9 Å². The summed E-state index contributed by atoms with van der Waals surface area (Å²) in [4.78, 5) is 42.2. The van der Waals surface area contributed by atoms with Crippen LogP contribution in [0, 0.1) is 0 Å². The van der Waals surface area contributed by atoms with Gasteiger partial charge in [-0.05, 0) is 18.2 Å². The Balaban J connectivity index is 1.72. The molecule has 0 aliphatic rings. The highest BCUT2D eigenvalue weighted by molar-refractivity contribution is 6.32. The number of hydrogen-bond donors (Lipinski definition) is 2. The lowest BCUT2D eigenvalue weighted by atomic mass is 10.1. The van der Waals surface area contributed by atoms with E-state index < -0.39 is 24.0 Å². The van der Waals surface area contributed by atoms with Gasteiger partial charge in [0.25, 0.3) is 5.91 Å². The van der Waals surface area contributed by atoms with E-state index in [0.717, 1.165) is 6.07 Å². The minimum absolute atomic E-state index is 0.0894. The van der Waals surface area contributed by atoms with E-state index >= 15 is 0 Å². The zero-order valence-electron chi connectivity index (χ0n) is 12.8. The van der Waals surface area contributed by atoms with E-state index in [1.165, 1.54) is 6.20 Å². The number of rotatable bonds is 4. The minimum Gasteiger partial charge on any atom is -0.452 e. The molecule has 7 nitrogen and oxygen atoms in total. The summed E-state index contributed by atoms with van der Waals surface area (Å²) in [6.07, 6.45) is 1.48. The molecule has 0 aliphatic carbocycles. The first kappa shape index (κ1) is 16.7. The molecule has 0 unspecified atom stereocenters. The van der Waals surface area contributed by atoms with E-state index in [2.05, 4.69) is 15.3 Å². The van der Waals surface area contributed by atoms with Crippen LogP contribution in [-0.4, -0.2) is 28.5 Å². The number of esters is 1. The molecule has 0 radical (unpaired) electrons. The highest BCUT2D eigenvalue weighted by atomic mass is 35.5. The molecule has 3 aromatic rings. The molecule has 2 N–H and O–H groups in total. The monoisotopic (exact) mass is 357 g/mol. The van der Waals surface area contributed by atoms with E-state index in [9.17, 15) is 14.4 Å². The largest absolute Gasteiger partial charge is 0.452 e. The summed E-state index contributed by atoms with van der Waals surface area (Å²) in [6, 6.07) is 11.1. The van der Waals surface area contributed by atoms with Crippen molar-refractivity contribution in [3.8, 4) is 0 Å². The number of H-pyrrole nitrogens is 1. The first-order valence-corrected chi connectivity index (χ1v) is 7.62. The van der Waals surface area contributed by atoms with Crippen molar-refractivity contribution in [2.75, 3.05) is 11.9 Å². The lowest BCUT2D eigenvalue weighted by molar-refractivity contribution is -0.119. The molecule has 25 heavy (non-hydrogen) atoms. The standard InChI is InChI=1S/C17H12ClN3O4/c18-16-13(6-3-7-19-16)21-15(23)9-25-17(24)11-8-14(22)20-12-5-2-1-4-10(11)12/h1-8H,9H2,(H,20,22)(H,21,23). The molecule has 0 atom stereocenters. The Labute approximate surface area is 146 Å². The number of pyridine rings is 2. The number of halogens is 1.